The van der Waals surface area contributed by atoms with E-state index in [-0.39, 0.29) is 28.0 Å². The molecule has 0 bridgehead atoms. The second-order valence-electron chi connectivity index (χ2n) is 6.64. The molecule has 0 radical (unpaired) electrons. The number of pyridine rings is 1. The van der Waals surface area contributed by atoms with E-state index in [0.717, 1.165) is 4.57 Å². The molecule has 1 saturated heterocycles. The van der Waals surface area contributed by atoms with Gasteiger partial charge in [0.2, 0.25) is 0 Å². The van der Waals surface area contributed by atoms with Crippen molar-refractivity contribution in [3.8, 4) is 12.1 Å². The monoisotopic (exact) mass is 459 g/mol. The second kappa shape index (κ2) is 7.59. The number of fused-ring (bicyclic) bond motifs is 1. The van der Waals surface area contributed by atoms with E-state index in [1.54, 1.807) is 12.1 Å². The number of alkyl halides is 1. The molecule has 5 N–H and O–H groups in total. The van der Waals surface area contributed by atoms with Crippen LogP contribution in [0.2, 0.25) is 0 Å². The number of ether oxygens (including phenoxy) is 1. The fourth-order valence-corrected chi connectivity index (χ4v) is 6.46. The highest BCUT2D eigenvalue weighted by molar-refractivity contribution is 7.97. The van der Waals surface area contributed by atoms with Gasteiger partial charge in [-0.05, 0) is 6.07 Å². The third-order valence-corrected chi connectivity index (χ3v) is 8.23. The lowest BCUT2D eigenvalue weighted by Gasteiger charge is -2.17. The SMILES string of the molecule is N#Cc1nc2c(ccn2[C@@H]2O[C@H](CS(=O)(=O)CP(=O)(O)O)[C@@H](O)[C@@H]2F)c(N)c1C#N. The Morgan fingerprint density at radius 2 is 2.03 bits per heavy atom. The molecule has 0 saturated carbocycles. The van der Waals surface area contributed by atoms with Crippen LogP contribution in [0.4, 0.5) is 10.1 Å². The van der Waals surface area contributed by atoms with Crippen LogP contribution in [0.5, 0.6) is 0 Å². The van der Waals surface area contributed by atoms with Gasteiger partial charge in [-0.1, -0.05) is 0 Å². The van der Waals surface area contributed by atoms with E-state index in [9.17, 15) is 27.7 Å². The van der Waals surface area contributed by atoms with Gasteiger partial charge in [-0.2, -0.15) is 10.5 Å². The summed E-state index contributed by atoms with van der Waals surface area (Å²) in [5.41, 5.74) is 3.86. The molecule has 2 aromatic rings. The Bertz CT molecular complexity index is 1240. The summed E-state index contributed by atoms with van der Waals surface area (Å²) in [7, 11) is -9.28. The maximum Gasteiger partial charge on any atom is 0.340 e. The van der Waals surface area contributed by atoms with Gasteiger partial charge >= 0.3 is 7.60 Å². The predicted molar refractivity (Wildman–Crippen MR) is 99.1 cm³/mol. The number of aliphatic hydroxyl groups excluding tert-OH is 1. The van der Waals surface area contributed by atoms with Crippen molar-refractivity contribution in [3.05, 3.63) is 23.5 Å². The highest BCUT2D eigenvalue weighted by Crippen LogP contribution is 2.39. The minimum Gasteiger partial charge on any atom is -0.397 e. The molecular weight excluding hydrogens is 444 g/mol. The Balaban J connectivity index is 1.97. The van der Waals surface area contributed by atoms with E-state index in [4.69, 9.17) is 25.5 Å². The van der Waals surface area contributed by atoms with Crippen molar-refractivity contribution < 1.29 is 37.0 Å². The van der Waals surface area contributed by atoms with Gasteiger partial charge in [0.05, 0.1) is 11.4 Å². The van der Waals surface area contributed by atoms with Gasteiger partial charge < -0.3 is 29.9 Å². The van der Waals surface area contributed by atoms with Gasteiger partial charge in [-0.15, -0.1) is 0 Å². The predicted octanol–water partition coefficient (Wildman–Crippen LogP) is -0.492. The van der Waals surface area contributed by atoms with Crippen molar-refractivity contribution in [2.45, 2.75) is 24.6 Å². The van der Waals surface area contributed by atoms with Crippen LogP contribution < -0.4 is 5.73 Å². The smallest absolute Gasteiger partial charge is 0.340 e. The first-order valence-corrected chi connectivity index (χ1v) is 11.8. The number of anilines is 1. The lowest BCUT2D eigenvalue weighted by molar-refractivity contribution is -0.0119. The topological polar surface area (TPSA) is 213 Å². The lowest BCUT2D eigenvalue weighted by Crippen LogP contribution is -2.34. The number of nitrogens with zero attached hydrogens (tertiary/aromatic N) is 4. The summed E-state index contributed by atoms with van der Waals surface area (Å²) >= 11 is 0. The number of halogens is 1. The molecule has 3 rings (SSSR count). The summed E-state index contributed by atoms with van der Waals surface area (Å²) in [4.78, 5) is 21.7. The van der Waals surface area contributed by atoms with E-state index < -0.39 is 53.3 Å². The number of nitrogen functional groups attached to an aromatic ring is 1. The normalized spacial score (nSPS) is 24.6. The molecule has 0 aliphatic carbocycles. The maximum atomic E-state index is 14.7. The van der Waals surface area contributed by atoms with Gasteiger partial charge in [-0.3, -0.25) is 4.57 Å². The van der Waals surface area contributed by atoms with E-state index in [1.807, 2.05) is 0 Å². The third kappa shape index (κ3) is 4.02. The quantitative estimate of drug-likeness (QED) is 0.419. The molecule has 1 fully saturated rings. The van der Waals surface area contributed by atoms with Crippen molar-refractivity contribution in [2.75, 3.05) is 17.0 Å². The summed E-state index contributed by atoms with van der Waals surface area (Å²) < 4.78 is 56.0. The Morgan fingerprint density at radius 1 is 1.37 bits per heavy atom. The summed E-state index contributed by atoms with van der Waals surface area (Å²) in [6, 6.07) is 4.85. The molecule has 2 aromatic heterocycles. The zero-order valence-corrected chi connectivity index (χ0v) is 16.7. The highest BCUT2D eigenvalue weighted by Gasteiger charge is 2.47. The average Bonchev–Trinajstić information content (AvgIpc) is 3.15. The molecule has 4 atom stereocenters. The molecule has 30 heavy (non-hydrogen) atoms. The number of sulfone groups is 1. The maximum absolute atomic E-state index is 14.7. The minimum absolute atomic E-state index is 0.0263. The van der Waals surface area contributed by atoms with Crippen LogP contribution in [0, 0.1) is 22.7 Å². The van der Waals surface area contributed by atoms with Crippen LogP contribution in [0.25, 0.3) is 11.0 Å². The third-order valence-electron chi connectivity index (χ3n) is 4.47. The van der Waals surface area contributed by atoms with Gasteiger partial charge in [0.25, 0.3) is 0 Å². The van der Waals surface area contributed by atoms with Crippen molar-refractivity contribution in [2.24, 2.45) is 0 Å². The van der Waals surface area contributed by atoms with E-state index in [2.05, 4.69) is 4.98 Å². The summed E-state index contributed by atoms with van der Waals surface area (Å²) in [6.45, 7) is 0. The number of aromatic nitrogens is 2. The highest BCUT2D eigenvalue weighted by atomic mass is 32.2. The first-order valence-electron chi connectivity index (χ1n) is 8.21. The number of hydrogen-bond donors (Lipinski definition) is 4. The fourth-order valence-electron chi connectivity index (χ4n) is 3.22. The molecule has 0 unspecified atom stereocenters. The van der Waals surface area contributed by atoms with Crippen molar-refractivity contribution in [1.29, 1.82) is 10.5 Å². The van der Waals surface area contributed by atoms with Crippen LogP contribution >= 0.6 is 7.60 Å². The Labute approximate surface area is 169 Å². The molecule has 160 valence electrons. The van der Waals surface area contributed by atoms with Crippen molar-refractivity contribution in [1.82, 2.24) is 9.55 Å². The van der Waals surface area contributed by atoms with Gasteiger partial charge in [0.15, 0.2) is 33.4 Å². The summed E-state index contributed by atoms with van der Waals surface area (Å²) in [5, 5.41) is 28.6. The molecule has 12 nitrogen and oxygen atoms in total. The standard InChI is InChI=1S/C15H15FN5O7PS/c16-11-13(22)10(5-30(26,27)6-29(23,24)25)28-15(11)21-2-1-7-12(19)8(3-17)9(4-18)20-14(7)21/h1-2,10-11,13,15,22H,5-6H2,(H2,19,20)(H2,23,24,25)/t10-,11+,13-,15-/m1/s1. The molecule has 15 heteroatoms. The first kappa shape index (κ1) is 22.1. The van der Waals surface area contributed by atoms with E-state index in [0.29, 0.717) is 0 Å². The Morgan fingerprint density at radius 3 is 2.60 bits per heavy atom. The number of nitriles is 2. The summed E-state index contributed by atoms with van der Waals surface area (Å²) in [5.74, 6) is -1.02. The van der Waals surface area contributed by atoms with Gasteiger partial charge in [-0.25, -0.2) is 17.8 Å². The lowest BCUT2D eigenvalue weighted by atomic mass is 10.1. The number of rotatable bonds is 5. The molecule has 1 aliphatic heterocycles. The second-order valence-corrected chi connectivity index (χ2v) is 10.8. The zero-order valence-electron chi connectivity index (χ0n) is 15.0. The van der Waals surface area contributed by atoms with Crippen LogP contribution in [-0.2, 0) is 19.1 Å². The zero-order chi connectivity index (χ0) is 22.4. The Hall–Kier alpha value is -2.58. The number of hydrogen-bond acceptors (Lipinski definition) is 9. The number of nitrogens with two attached hydrogens (primary N) is 1. The van der Waals surface area contributed by atoms with Crippen LogP contribution in [0.3, 0.4) is 0 Å². The minimum atomic E-state index is -4.90. The average molecular weight is 459 g/mol. The molecular formula is C15H15FN5O7PS. The first-order chi connectivity index (χ1) is 13.9. The van der Waals surface area contributed by atoms with E-state index in [1.165, 1.54) is 12.3 Å². The van der Waals surface area contributed by atoms with Crippen LogP contribution in [0.1, 0.15) is 17.5 Å². The van der Waals surface area contributed by atoms with Gasteiger partial charge in [0.1, 0.15) is 35.6 Å². The van der Waals surface area contributed by atoms with Crippen LogP contribution in [-0.4, -0.2) is 62.5 Å². The number of aliphatic hydroxyl groups is 1. The summed E-state index contributed by atoms with van der Waals surface area (Å²) in [6.07, 6.45) is -5.91. The largest absolute Gasteiger partial charge is 0.397 e. The van der Waals surface area contributed by atoms with E-state index >= 15 is 0 Å². The molecule has 0 spiro atoms. The fraction of sp³-hybridized carbons (Fsp3) is 0.400. The molecule has 3 heterocycles. The molecule has 1 aliphatic rings. The molecule has 0 aromatic carbocycles. The Kier molecular flexibility index (Phi) is 5.60. The molecule has 0 amide bonds. The van der Waals surface area contributed by atoms with Crippen molar-refractivity contribution in [3.63, 3.8) is 0 Å². The van der Waals surface area contributed by atoms with Gasteiger partial charge in [0, 0.05) is 11.6 Å². The van der Waals surface area contributed by atoms with Crippen molar-refractivity contribution >= 4 is 34.2 Å². The van der Waals surface area contributed by atoms with Crippen LogP contribution in [0.15, 0.2) is 12.3 Å².